The molecule has 2 aromatic rings. The van der Waals surface area contributed by atoms with Gasteiger partial charge in [-0.1, -0.05) is 6.07 Å². The third-order valence-electron chi connectivity index (χ3n) is 2.25. The number of nitrogens with zero attached hydrogens (tertiary/aromatic N) is 3. The number of rotatable bonds is 3. The van der Waals surface area contributed by atoms with E-state index in [0.29, 0.717) is 0 Å². The third-order valence-corrected chi connectivity index (χ3v) is 2.25. The van der Waals surface area contributed by atoms with Gasteiger partial charge in [0, 0.05) is 12.7 Å². The Morgan fingerprint density at radius 1 is 1.33 bits per heavy atom. The molecule has 1 N–H and O–H groups in total. The molecular weight excluding hydrogens is 190 g/mol. The van der Waals surface area contributed by atoms with E-state index in [2.05, 4.69) is 10.1 Å². The van der Waals surface area contributed by atoms with Gasteiger partial charge in [0.2, 0.25) is 0 Å². The van der Waals surface area contributed by atoms with E-state index in [-0.39, 0.29) is 6.61 Å². The lowest BCUT2D eigenvalue weighted by Crippen LogP contribution is -2.01. The summed E-state index contributed by atoms with van der Waals surface area (Å²) in [7, 11) is 0. The van der Waals surface area contributed by atoms with Crippen LogP contribution in [0.2, 0.25) is 0 Å². The van der Waals surface area contributed by atoms with E-state index in [9.17, 15) is 0 Å². The zero-order chi connectivity index (χ0) is 10.7. The topological polar surface area (TPSA) is 50.9 Å². The first-order chi connectivity index (χ1) is 7.35. The summed E-state index contributed by atoms with van der Waals surface area (Å²) in [5, 5.41) is 13.5. The fourth-order valence-corrected chi connectivity index (χ4v) is 1.50. The molecule has 0 saturated carbocycles. The van der Waals surface area contributed by atoms with Crippen LogP contribution in [0, 0.1) is 0 Å². The second kappa shape index (κ2) is 4.23. The molecule has 2 rings (SSSR count). The second-order valence-corrected chi connectivity index (χ2v) is 3.21. The average molecular weight is 203 g/mol. The summed E-state index contributed by atoms with van der Waals surface area (Å²) in [6.45, 7) is 2.75. The van der Waals surface area contributed by atoms with Crippen molar-refractivity contribution in [2.75, 3.05) is 0 Å². The molecule has 0 aromatic carbocycles. The van der Waals surface area contributed by atoms with E-state index in [1.807, 2.05) is 31.2 Å². The first-order valence-electron chi connectivity index (χ1n) is 4.94. The highest BCUT2D eigenvalue weighted by molar-refractivity contribution is 5.53. The van der Waals surface area contributed by atoms with Crippen LogP contribution in [0.1, 0.15) is 12.6 Å². The smallest absolute Gasteiger partial charge is 0.111 e. The van der Waals surface area contributed by atoms with Gasteiger partial charge in [0.15, 0.2) is 0 Å². The molecule has 0 radical (unpaired) electrons. The van der Waals surface area contributed by atoms with Crippen molar-refractivity contribution in [1.82, 2.24) is 14.8 Å². The van der Waals surface area contributed by atoms with Crippen molar-refractivity contribution in [3.05, 3.63) is 36.2 Å². The Morgan fingerprint density at radius 2 is 2.20 bits per heavy atom. The minimum absolute atomic E-state index is 0.00761. The number of aliphatic hydroxyl groups excluding tert-OH is 1. The standard InChI is InChI=1S/C11H13N3O/c1-2-14-9(8-15)7-11(13-14)10-5-3-4-6-12-10/h3-7,15H,2,8H2,1H3. The highest BCUT2D eigenvalue weighted by atomic mass is 16.3. The molecule has 0 atom stereocenters. The minimum atomic E-state index is 0.00761. The Hall–Kier alpha value is -1.68. The molecule has 0 unspecified atom stereocenters. The van der Waals surface area contributed by atoms with Crippen LogP contribution in [0.3, 0.4) is 0 Å². The molecule has 0 aliphatic carbocycles. The van der Waals surface area contributed by atoms with Crippen LogP contribution >= 0.6 is 0 Å². The summed E-state index contributed by atoms with van der Waals surface area (Å²) in [5.74, 6) is 0. The first-order valence-corrected chi connectivity index (χ1v) is 4.94. The fraction of sp³-hybridized carbons (Fsp3) is 0.273. The largest absolute Gasteiger partial charge is 0.390 e. The lowest BCUT2D eigenvalue weighted by molar-refractivity contribution is 0.268. The van der Waals surface area contributed by atoms with Gasteiger partial charge < -0.3 is 5.11 Å². The lowest BCUT2D eigenvalue weighted by atomic mass is 10.2. The summed E-state index contributed by atoms with van der Waals surface area (Å²) >= 11 is 0. The maximum Gasteiger partial charge on any atom is 0.111 e. The van der Waals surface area contributed by atoms with Gasteiger partial charge in [0.25, 0.3) is 0 Å². The zero-order valence-electron chi connectivity index (χ0n) is 8.59. The lowest BCUT2D eigenvalue weighted by Gasteiger charge is -1.98. The number of aromatic nitrogens is 3. The third kappa shape index (κ3) is 1.89. The van der Waals surface area contributed by atoms with Crippen LogP contribution < -0.4 is 0 Å². The molecule has 15 heavy (non-hydrogen) atoms. The molecule has 0 aliphatic rings. The molecule has 0 fully saturated rings. The number of pyridine rings is 1. The van der Waals surface area contributed by atoms with Crippen molar-refractivity contribution in [3.8, 4) is 11.4 Å². The Morgan fingerprint density at radius 3 is 2.73 bits per heavy atom. The van der Waals surface area contributed by atoms with Crippen LogP contribution in [0.5, 0.6) is 0 Å². The first kappa shape index (κ1) is 9.86. The van der Waals surface area contributed by atoms with Gasteiger partial charge in [-0.05, 0) is 25.1 Å². The van der Waals surface area contributed by atoms with Gasteiger partial charge in [-0.2, -0.15) is 5.10 Å². The number of aryl methyl sites for hydroxylation is 1. The van der Waals surface area contributed by atoms with E-state index >= 15 is 0 Å². The molecule has 2 heterocycles. The Kier molecular flexibility index (Phi) is 2.78. The van der Waals surface area contributed by atoms with Gasteiger partial charge >= 0.3 is 0 Å². The SMILES string of the molecule is CCn1nc(-c2ccccn2)cc1CO. The van der Waals surface area contributed by atoms with E-state index in [1.54, 1.807) is 10.9 Å². The van der Waals surface area contributed by atoms with E-state index < -0.39 is 0 Å². The molecule has 4 heteroatoms. The highest BCUT2D eigenvalue weighted by Crippen LogP contribution is 2.16. The predicted octanol–water partition coefficient (Wildman–Crippen LogP) is 1.46. The fourth-order valence-electron chi connectivity index (χ4n) is 1.50. The molecule has 78 valence electrons. The minimum Gasteiger partial charge on any atom is -0.390 e. The number of hydrogen-bond acceptors (Lipinski definition) is 3. The Balaban J connectivity index is 2.42. The summed E-state index contributed by atoms with van der Waals surface area (Å²) in [6, 6.07) is 7.56. The maximum atomic E-state index is 9.13. The van der Waals surface area contributed by atoms with Gasteiger partial charge in [-0.25, -0.2) is 0 Å². The normalized spacial score (nSPS) is 10.5. The molecule has 2 aromatic heterocycles. The Bertz CT molecular complexity index is 415. The Labute approximate surface area is 88.2 Å². The molecule has 0 saturated heterocycles. The van der Waals surface area contributed by atoms with Gasteiger partial charge in [0.05, 0.1) is 18.0 Å². The van der Waals surface area contributed by atoms with Crippen molar-refractivity contribution in [3.63, 3.8) is 0 Å². The van der Waals surface area contributed by atoms with Crippen molar-refractivity contribution in [1.29, 1.82) is 0 Å². The monoisotopic (exact) mass is 203 g/mol. The van der Waals surface area contributed by atoms with Crippen molar-refractivity contribution >= 4 is 0 Å². The van der Waals surface area contributed by atoms with E-state index in [4.69, 9.17) is 5.11 Å². The molecule has 0 aliphatic heterocycles. The van der Waals surface area contributed by atoms with Crippen LogP contribution in [0.4, 0.5) is 0 Å². The van der Waals surface area contributed by atoms with E-state index in [1.165, 1.54) is 0 Å². The summed E-state index contributed by atoms with van der Waals surface area (Å²) in [4.78, 5) is 4.21. The van der Waals surface area contributed by atoms with Crippen molar-refractivity contribution in [2.24, 2.45) is 0 Å². The molecule has 0 bridgehead atoms. The van der Waals surface area contributed by atoms with Crippen molar-refractivity contribution in [2.45, 2.75) is 20.1 Å². The zero-order valence-corrected chi connectivity index (χ0v) is 8.59. The van der Waals surface area contributed by atoms with Crippen LogP contribution in [-0.2, 0) is 13.2 Å². The van der Waals surface area contributed by atoms with Gasteiger partial charge in [0.1, 0.15) is 5.69 Å². The quantitative estimate of drug-likeness (QED) is 0.821. The second-order valence-electron chi connectivity index (χ2n) is 3.21. The van der Waals surface area contributed by atoms with Crippen LogP contribution in [-0.4, -0.2) is 19.9 Å². The summed E-state index contributed by atoms with van der Waals surface area (Å²) in [6.07, 6.45) is 1.74. The molecule has 4 nitrogen and oxygen atoms in total. The molecular formula is C11H13N3O. The van der Waals surface area contributed by atoms with Crippen LogP contribution in [0.25, 0.3) is 11.4 Å². The maximum absolute atomic E-state index is 9.13. The number of hydrogen-bond donors (Lipinski definition) is 1. The highest BCUT2D eigenvalue weighted by Gasteiger charge is 2.07. The summed E-state index contributed by atoms with van der Waals surface area (Å²) in [5.41, 5.74) is 2.46. The average Bonchev–Trinajstić information content (AvgIpc) is 2.73. The molecule has 0 spiro atoms. The van der Waals surface area contributed by atoms with E-state index in [0.717, 1.165) is 23.6 Å². The van der Waals surface area contributed by atoms with Crippen molar-refractivity contribution < 1.29 is 5.11 Å². The summed E-state index contributed by atoms with van der Waals surface area (Å²) < 4.78 is 1.78. The predicted molar refractivity (Wildman–Crippen MR) is 57.1 cm³/mol. The van der Waals surface area contributed by atoms with Gasteiger partial charge in [-0.3, -0.25) is 9.67 Å². The number of aliphatic hydroxyl groups is 1. The van der Waals surface area contributed by atoms with Crippen LogP contribution in [0.15, 0.2) is 30.5 Å². The van der Waals surface area contributed by atoms with Gasteiger partial charge in [-0.15, -0.1) is 0 Å². The molecule has 0 amide bonds.